The van der Waals surface area contributed by atoms with E-state index >= 15 is 0 Å². The Morgan fingerprint density at radius 3 is 2.75 bits per heavy atom. The fourth-order valence-electron chi connectivity index (χ4n) is 1.37. The highest BCUT2D eigenvalue weighted by Gasteiger charge is 2.08. The first-order valence-corrected chi connectivity index (χ1v) is 4.88. The Kier molecular flexibility index (Phi) is 2.90. The molecule has 0 aliphatic heterocycles. The SMILES string of the molecule is NC(=O)CCc1nnnn1-c1ccccc1. The number of aryl methyl sites for hydroxylation is 1. The molecule has 0 aliphatic rings. The van der Waals surface area contributed by atoms with Gasteiger partial charge in [-0.1, -0.05) is 18.2 Å². The molecular weight excluding hydrogens is 206 g/mol. The lowest BCUT2D eigenvalue weighted by Crippen LogP contribution is -2.13. The van der Waals surface area contributed by atoms with Crippen molar-refractivity contribution in [3.8, 4) is 5.69 Å². The maximum absolute atomic E-state index is 10.7. The van der Waals surface area contributed by atoms with Gasteiger partial charge in [-0.2, -0.15) is 4.68 Å². The van der Waals surface area contributed by atoms with Crippen molar-refractivity contribution < 1.29 is 4.79 Å². The van der Waals surface area contributed by atoms with Crippen LogP contribution < -0.4 is 5.73 Å². The summed E-state index contributed by atoms with van der Waals surface area (Å²) in [6.45, 7) is 0. The molecule has 6 heteroatoms. The second-order valence-corrected chi connectivity index (χ2v) is 3.31. The van der Waals surface area contributed by atoms with E-state index in [1.54, 1.807) is 4.68 Å². The van der Waals surface area contributed by atoms with Crippen LogP contribution in [0.2, 0.25) is 0 Å². The Labute approximate surface area is 92.1 Å². The van der Waals surface area contributed by atoms with E-state index in [9.17, 15) is 4.79 Å². The fraction of sp³-hybridized carbons (Fsp3) is 0.200. The van der Waals surface area contributed by atoms with E-state index in [2.05, 4.69) is 15.5 Å². The smallest absolute Gasteiger partial charge is 0.217 e. The molecule has 0 radical (unpaired) electrons. The van der Waals surface area contributed by atoms with Gasteiger partial charge in [-0.15, -0.1) is 5.10 Å². The van der Waals surface area contributed by atoms with Gasteiger partial charge in [0.25, 0.3) is 0 Å². The summed E-state index contributed by atoms with van der Waals surface area (Å²) in [5, 5.41) is 11.3. The molecule has 1 amide bonds. The van der Waals surface area contributed by atoms with Crippen molar-refractivity contribution >= 4 is 5.91 Å². The van der Waals surface area contributed by atoms with Crippen LogP contribution in [0.15, 0.2) is 30.3 Å². The second-order valence-electron chi connectivity index (χ2n) is 3.31. The van der Waals surface area contributed by atoms with Crippen LogP contribution in [-0.4, -0.2) is 26.1 Å². The number of nitrogens with two attached hydrogens (primary N) is 1. The number of amides is 1. The Hall–Kier alpha value is -2.24. The van der Waals surface area contributed by atoms with Gasteiger partial charge < -0.3 is 5.73 Å². The minimum Gasteiger partial charge on any atom is -0.370 e. The van der Waals surface area contributed by atoms with Crippen molar-refractivity contribution in [3.05, 3.63) is 36.2 Å². The van der Waals surface area contributed by atoms with Crippen molar-refractivity contribution in [2.24, 2.45) is 5.73 Å². The van der Waals surface area contributed by atoms with E-state index < -0.39 is 0 Å². The highest BCUT2D eigenvalue weighted by atomic mass is 16.1. The molecule has 0 bridgehead atoms. The molecule has 16 heavy (non-hydrogen) atoms. The first kappa shape index (κ1) is 10.3. The standard InChI is InChI=1S/C10H11N5O/c11-9(16)6-7-10-12-13-14-15(10)8-4-2-1-3-5-8/h1-5H,6-7H2,(H2,11,16). The van der Waals surface area contributed by atoms with E-state index in [0.29, 0.717) is 12.2 Å². The maximum Gasteiger partial charge on any atom is 0.217 e. The number of rotatable bonds is 4. The number of tetrazole rings is 1. The predicted molar refractivity (Wildman–Crippen MR) is 56.7 cm³/mol. The third-order valence-corrected chi connectivity index (χ3v) is 2.13. The lowest BCUT2D eigenvalue weighted by Gasteiger charge is -2.02. The summed E-state index contributed by atoms with van der Waals surface area (Å²) in [4.78, 5) is 10.7. The third-order valence-electron chi connectivity index (χ3n) is 2.13. The summed E-state index contributed by atoms with van der Waals surface area (Å²) in [5.41, 5.74) is 5.95. The molecule has 0 saturated heterocycles. The Balaban J connectivity index is 2.23. The van der Waals surface area contributed by atoms with E-state index in [1.165, 1.54) is 0 Å². The van der Waals surface area contributed by atoms with Gasteiger partial charge >= 0.3 is 0 Å². The van der Waals surface area contributed by atoms with Gasteiger partial charge in [0.2, 0.25) is 5.91 Å². The van der Waals surface area contributed by atoms with E-state index in [1.807, 2.05) is 30.3 Å². The van der Waals surface area contributed by atoms with E-state index in [0.717, 1.165) is 5.69 Å². The molecule has 0 atom stereocenters. The lowest BCUT2D eigenvalue weighted by atomic mass is 10.2. The molecule has 0 aliphatic carbocycles. The van der Waals surface area contributed by atoms with Gasteiger partial charge in [0.15, 0.2) is 5.82 Å². The monoisotopic (exact) mass is 217 g/mol. The molecular formula is C10H11N5O. The summed E-state index contributed by atoms with van der Waals surface area (Å²) >= 11 is 0. The van der Waals surface area contributed by atoms with Gasteiger partial charge in [-0.3, -0.25) is 4.79 Å². The number of nitrogens with zero attached hydrogens (tertiary/aromatic N) is 4. The molecule has 1 aromatic heterocycles. The molecule has 0 saturated carbocycles. The quantitative estimate of drug-likeness (QED) is 0.785. The molecule has 0 unspecified atom stereocenters. The van der Waals surface area contributed by atoms with Gasteiger partial charge in [0.1, 0.15) is 0 Å². The molecule has 6 nitrogen and oxygen atoms in total. The molecule has 2 rings (SSSR count). The molecule has 2 N–H and O–H groups in total. The molecule has 2 aromatic rings. The average Bonchev–Trinajstić information content (AvgIpc) is 2.75. The number of hydrogen-bond acceptors (Lipinski definition) is 4. The number of carbonyl (C=O) groups is 1. The van der Waals surface area contributed by atoms with Crippen LogP contribution in [-0.2, 0) is 11.2 Å². The maximum atomic E-state index is 10.7. The van der Waals surface area contributed by atoms with Crippen LogP contribution in [0.4, 0.5) is 0 Å². The summed E-state index contributed by atoms with van der Waals surface area (Å²) < 4.78 is 1.60. The van der Waals surface area contributed by atoms with Crippen molar-refractivity contribution in [2.75, 3.05) is 0 Å². The second kappa shape index (κ2) is 4.52. The van der Waals surface area contributed by atoms with Gasteiger partial charge in [0.05, 0.1) is 5.69 Å². The number of hydrogen-bond donors (Lipinski definition) is 1. The van der Waals surface area contributed by atoms with Crippen molar-refractivity contribution in [2.45, 2.75) is 12.8 Å². The summed E-state index contributed by atoms with van der Waals surface area (Å²) in [5.74, 6) is 0.271. The van der Waals surface area contributed by atoms with Crippen LogP contribution in [0, 0.1) is 0 Å². The zero-order valence-corrected chi connectivity index (χ0v) is 8.58. The number of benzene rings is 1. The normalized spacial score (nSPS) is 10.2. The Bertz CT molecular complexity index is 479. The summed E-state index contributed by atoms with van der Waals surface area (Å²) in [6, 6.07) is 9.49. The lowest BCUT2D eigenvalue weighted by molar-refractivity contribution is -0.118. The largest absolute Gasteiger partial charge is 0.370 e. The van der Waals surface area contributed by atoms with E-state index in [4.69, 9.17) is 5.73 Å². The van der Waals surface area contributed by atoms with Crippen LogP contribution in [0.3, 0.4) is 0 Å². The van der Waals surface area contributed by atoms with Gasteiger partial charge in [-0.25, -0.2) is 0 Å². The highest BCUT2D eigenvalue weighted by Crippen LogP contribution is 2.07. The van der Waals surface area contributed by atoms with Crippen molar-refractivity contribution in [1.82, 2.24) is 20.2 Å². The number of carbonyl (C=O) groups excluding carboxylic acids is 1. The summed E-state index contributed by atoms with van der Waals surface area (Å²) in [7, 11) is 0. The highest BCUT2D eigenvalue weighted by molar-refractivity contribution is 5.73. The number of aromatic nitrogens is 4. The topological polar surface area (TPSA) is 86.7 Å². The van der Waals surface area contributed by atoms with Gasteiger partial charge in [0, 0.05) is 12.8 Å². The van der Waals surface area contributed by atoms with Crippen molar-refractivity contribution in [3.63, 3.8) is 0 Å². The first-order valence-electron chi connectivity index (χ1n) is 4.88. The zero-order chi connectivity index (χ0) is 11.4. The minimum absolute atomic E-state index is 0.243. The molecule has 82 valence electrons. The van der Waals surface area contributed by atoms with Crippen LogP contribution in [0.5, 0.6) is 0 Å². The van der Waals surface area contributed by atoms with Crippen LogP contribution in [0.25, 0.3) is 5.69 Å². The zero-order valence-electron chi connectivity index (χ0n) is 8.58. The van der Waals surface area contributed by atoms with Gasteiger partial charge in [-0.05, 0) is 22.6 Å². The van der Waals surface area contributed by atoms with E-state index in [-0.39, 0.29) is 12.3 Å². The fourth-order valence-corrected chi connectivity index (χ4v) is 1.37. The Morgan fingerprint density at radius 2 is 2.06 bits per heavy atom. The molecule has 0 fully saturated rings. The first-order chi connectivity index (χ1) is 7.77. The molecule has 1 heterocycles. The van der Waals surface area contributed by atoms with Crippen molar-refractivity contribution in [1.29, 1.82) is 0 Å². The third kappa shape index (κ3) is 2.22. The summed E-state index contributed by atoms with van der Waals surface area (Å²) in [6.07, 6.45) is 0.685. The number of para-hydroxylation sites is 1. The predicted octanol–water partition coefficient (Wildman–Crippen LogP) is 0.0802. The van der Waals surface area contributed by atoms with Crippen LogP contribution in [0.1, 0.15) is 12.2 Å². The molecule has 0 spiro atoms. The average molecular weight is 217 g/mol. The van der Waals surface area contributed by atoms with Crippen LogP contribution >= 0.6 is 0 Å². The Morgan fingerprint density at radius 1 is 1.31 bits per heavy atom. The number of primary amides is 1. The molecule has 1 aromatic carbocycles. The minimum atomic E-state index is -0.359.